The highest BCUT2D eigenvalue weighted by atomic mass is 19.4. The topological polar surface area (TPSA) is 68.0 Å². The Labute approximate surface area is 111 Å². The maximum absolute atomic E-state index is 12.6. The molecule has 0 bridgehead atoms. The zero-order chi connectivity index (χ0) is 15.1. The predicted molar refractivity (Wildman–Crippen MR) is 63.4 cm³/mol. The number of hydrogen-bond donors (Lipinski definition) is 1. The van der Waals surface area contributed by atoms with Crippen LogP contribution in [0.25, 0.3) is 11.4 Å². The minimum atomic E-state index is -4.46. The van der Waals surface area contributed by atoms with E-state index in [1.165, 1.54) is 13.8 Å². The standard InChI is InChI=1S/C12H10F3N3O2/c1-6-5-8(12(13,14)15)3-4-9(6)10-17-16-7(2)11(19)18(10)20/h3-5,20H,1-2H3. The summed E-state index contributed by atoms with van der Waals surface area (Å²) in [5.41, 5.74) is -1.17. The Bertz CT molecular complexity index is 723. The van der Waals surface area contributed by atoms with Gasteiger partial charge >= 0.3 is 11.7 Å². The van der Waals surface area contributed by atoms with Gasteiger partial charge in [0.15, 0.2) is 0 Å². The van der Waals surface area contributed by atoms with E-state index in [0.717, 1.165) is 18.2 Å². The summed E-state index contributed by atoms with van der Waals surface area (Å²) in [6.45, 7) is 2.79. The molecule has 1 heterocycles. The third-order valence-electron chi connectivity index (χ3n) is 2.79. The zero-order valence-electron chi connectivity index (χ0n) is 10.6. The van der Waals surface area contributed by atoms with E-state index >= 15 is 0 Å². The Morgan fingerprint density at radius 1 is 1.20 bits per heavy atom. The fraction of sp³-hybridized carbons (Fsp3) is 0.250. The lowest BCUT2D eigenvalue weighted by Crippen LogP contribution is -2.25. The lowest BCUT2D eigenvalue weighted by Gasteiger charge is -2.11. The van der Waals surface area contributed by atoms with Gasteiger partial charge in [-0.1, -0.05) is 6.07 Å². The highest BCUT2D eigenvalue weighted by Gasteiger charge is 2.31. The van der Waals surface area contributed by atoms with Crippen LogP contribution in [0.5, 0.6) is 0 Å². The Balaban J connectivity index is 2.61. The molecule has 0 radical (unpaired) electrons. The van der Waals surface area contributed by atoms with Gasteiger partial charge in [-0.2, -0.15) is 13.2 Å². The molecule has 0 aliphatic heterocycles. The number of alkyl halides is 3. The van der Waals surface area contributed by atoms with E-state index in [-0.39, 0.29) is 27.4 Å². The van der Waals surface area contributed by atoms with Crippen LogP contribution in [0, 0.1) is 13.8 Å². The van der Waals surface area contributed by atoms with Crippen LogP contribution in [0.2, 0.25) is 0 Å². The van der Waals surface area contributed by atoms with E-state index in [9.17, 15) is 23.2 Å². The van der Waals surface area contributed by atoms with E-state index in [4.69, 9.17) is 0 Å². The number of benzene rings is 1. The fourth-order valence-electron chi connectivity index (χ4n) is 1.72. The average molecular weight is 285 g/mol. The maximum Gasteiger partial charge on any atom is 0.416 e. The number of halogens is 3. The normalized spacial score (nSPS) is 11.7. The molecule has 1 N–H and O–H groups in total. The number of rotatable bonds is 1. The summed E-state index contributed by atoms with van der Waals surface area (Å²) in [6, 6.07) is 2.92. The van der Waals surface area contributed by atoms with Crippen molar-refractivity contribution in [1.82, 2.24) is 14.9 Å². The van der Waals surface area contributed by atoms with Crippen molar-refractivity contribution >= 4 is 0 Å². The zero-order valence-corrected chi connectivity index (χ0v) is 10.6. The molecule has 0 saturated heterocycles. The number of aryl methyl sites for hydroxylation is 2. The molecule has 0 saturated carbocycles. The van der Waals surface area contributed by atoms with Gasteiger partial charge in [0.2, 0.25) is 5.82 Å². The van der Waals surface area contributed by atoms with Crippen molar-refractivity contribution in [2.45, 2.75) is 20.0 Å². The van der Waals surface area contributed by atoms with Crippen molar-refractivity contribution in [1.29, 1.82) is 0 Å². The summed E-state index contributed by atoms with van der Waals surface area (Å²) in [5.74, 6) is -0.202. The molecule has 0 spiro atoms. The molecule has 0 fully saturated rings. The van der Waals surface area contributed by atoms with Crippen LogP contribution in [0.4, 0.5) is 13.2 Å². The van der Waals surface area contributed by atoms with Gasteiger partial charge < -0.3 is 5.21 Å². The smallest absolute Gasteiger partial charge is 0.416 e. The van der Waals surface area contributed by atoms with Crippen LogP contribution in [0.15, 0.2) is 23.0 Å². The third kappa shape index (κ3) is 2.36. The third-order valence-corrected chi connectivity index (χ3v) is 2.79. The average Bonchev–Trinajstić information content (AvgIpc) is 2.36. The molecule has 0 aliphatic rings. The molecular weight excluding hydrogens is 275 g/mol. The Kier molecular flexibility index (Phi) is 3.24. The quantitative estimate of drug-likeness (QED) is 0.815. The van der Waals surface area contributed by atoms with Crippen molar-refractivity contribution in [2.24, 2.45) is 0 Å². The van der Waals surface area contributed by atoms with E-state index in [1.54, 1.807) is 0 Å². The minimum Gasteiger partial charge on any atom is -0.423 e. The summed E-state index contributed by atoms with van der Waals surface area (Å²) in [4.78, 5) is 11.5. The van der Waals surface area contributed by atoms with Crippen molar-refractivity contribution < 1.29 is 18.4 Å². The summed E-state index contributed by atoms with van der Waals surface area (Å²) < 4.78 is 38.0. The lowest BCUT2D eigenvalue weighted by molar-refractivity contribution is -0.137. The SMILES string of the molecule is Cc1cc(C(F)(F)F)ccc1-c1nnc(C)c(=O)n1O. The first-order valence-corrected chi connectivity index (χ1v) is 5.55. The van der Waals surface area contributed by atoms with Gasteiger partial charge in [-0.25, -0.2) is 0 Å². The van der Waals surface area contributed by atoms with Gasteiger partial charge in [-0.3, -0.25) is 4.79 Å². The van der Waals surface area contributed by atoms with Crippen molar-refractivity contribution in [3.05, 3.63) is 45.4 Å². The van der Waals surface area contributed by atoms with E-state index < -0.39 is 17.3 Å². The number of hydrogen-bond acceptors (Lipinski definition) is 4. The molecule has 20 heavy (non-hydrogen) atoms. The van der Waals surface area contributed by atoms with Crippen molar-refractivity contribution in [3.8, 4) is 11.4 Å². The lowest BCUT2D eigenvalue weighted by atomic mass is 10.0. The van der Waals surface area contributed by atoms with Crippen LogP contribution >= 0.6 is 0 Å². The first kappa shape index (κ1) is 14.0. The largest absolute Gasteiger partial charge is 0.423 e. The van der Waals surface area contributed by atoms with E-state index in [2.05, 4.69) is 10.2 Å². The van der Waals surface area contributed by atoms with Gasteiger partial charge in [0, 0.05) is 5.56 Å². The summed E-state index contributed by atoms with van der Waals surface area (Å²) >= 11 is 0. The van der Waals surface area contributed by atoms with Gasteiger partial charge in [-0.05, 0) is 31.5 Å². The first-order chi connectivity index (χ1) is 9.21. The molecule has 2 aromatic rings. The monoisotopic (exact) mass is 285 g/mol. The highest BCUT2D eigenvalue weighted by Crippen LogP contribution is 2.32. The van der Waals surface area contributed by atoms with Gasteiger partial charge in [0.05, 0.1) is 5.56 Å². The van der Waals surface area contributed by atoms with Crippen LogP contribution in [0.3, 0.4) is 0 Å². The van der Waals surface area contributed by atoms with Crippen molar-refractivity contribution in [3.63, 3.8) is 0 Å². The second kappa shape index (κ2) is 4.62. The van der Waals surface area contributed by atoms with Crippen LogP contribution in [-0.2, 0) is 6.18 Å². The highest BCUT2D eigenvalue weighted by molar-refractivity contribution is 5.60. The van der Waals surface area contributed by atoms with Crippen LogP contribution < -0.4 is 5.56 Å². The summed E-state index contributed by atoms with van der Waals surface area (Å²) in [7, 11) is 0. The number of aromatic nitrogens is 3. The predicted octanol–water partition coefficient (Wildman–Crippen LogP) is 2.18. The second-order valence-electron chi connectivity index (χ2n) is 4.25. The molecule has 1 aromatic heterocycles. The van der Waals surface area contributed by atoms with Crippen LogP contribution in [0.1, 0.15) is 16.8 Å². The van der Waals surface area contributed by atoms with Crippen LogP contribution in [-0.4, -0.2) is 20.1 Å². The molecular formula is C12H10F3N3O2. The summed E-state index contributed by atoms with van der Waals surface area (Å²) in [5, 5.41) is 16.9. The van der Waals surface area contributed by atoms with E-state index in [1.807, 2.05) is 0 Å². The Morgan fingerprint density at radius 2 is 1.85 bits per heavy atom. The molecule has 0 atom stereocenters. The van der Waals surface area contributed by atoms with Crippen molar-refractivity contribution in [2.75, 3.05) is 0 Å². The van der Waals surface area contributed by atoms with Gasteiger partial charge in [0.1, 0.15) is 5.69 Å². The second-order valence-corrected chi connectivity index (χ2v) is 4.25. The molecule has 106 valence electrons. The van der Waals surface area contributed by atoms with E-state index in [0.29, 0.717) is 0 Å². The maximum atomic E-state index is 12.6. The molecule has 1 aromatic carbocycles. The molecule has 0 aliphatic carbocycles. The molecule has 2 rings (SSSR count). The Morgan fingerprint density at radius 3 is 2.40 bits per heavy atom. The molecule has 0 unspecified atom stereocenters. The fourth-order valence-corrected chi connectivity index (χ4v) is 1.72. The summed E-state index contributed by atoms with van der Waals surface area (Å²) in [6.07, 6.45) is -4.46. The first-order valence-electron chi connectivity index (χ1n) is 5.55. The molecule has 5 nitrogen and oxygen atoms in total. The minimum absolute atomic E-state index is 0.0131. The van der Waals surface area contributed by atoms with Gasteiger partial charge in [-0.15, -0.1) is 14.9 Å². The molecule has 0 amide bonds. The number of nitrogens with zero attached hydrogens (tertiary/aromatic N) is 3. The Hall–Kier alpha value is -2.38. The van der Waals surface area contributed by atoms with Gasteiger partial charge in [0.25, 0.3) is 0 Å². The molecule has 8 heteroatoms.